The summed E-state index contributed by atoms with van der Waals surface area (Å²) in [5.41, 5.74) is 7.59. The quantitative estimate of drug-likeness (QED) is 0.420. The number of nitrogens with zero attached hydrogens (tertiary/aromatic N) is 3. The lowest BCUT2D eigenvalue weighted by Crippen LogP contribution is -2.47. The average molecular weight is 501 g/mol. The minimum absolute atomic E-state index is 0.170. The molecule has 0 radical (unpaired) electrons. The van der Waals surface area contributed by atoms with E-state index < -0.39 is 17.6 Å². The highest BCUT2D eigenvalue weighted by Crippen LogP contribution is 2.41. The van der Waals surface area contributed by atoms with E-state index in [0.717, 1.165) is 11.1 Å². The highest BCUT2D eigenvalue weighted by atomic mass is 35.5. The zero-order valence-corrected chi connectivity index (χ0v) is 21.5. The van der Waals surface area contributed by atoms with Crippen molar-refractivity contribution in [2.75, 3.05) is 26.8 Å². The topological polar surface area (TPSA) is 73.4 Å². The first-order chi connectivity index (χ1) is 16.7. The molecular formula is C27H34ClFN4O2. The zero-order chi connectivity index (χ0) is 25.6. The summed E-state index contributed by atoms with van der Waals surface area (Å²) in [6.07, 6.45) is -1.39. The second kappa shape index (κ2) is 11.8. The van der Waals surface area contributed by atoms with Crippen LogP contribution in [0.15, 0.2) is 60.7 Å². The van der Waals surface area contributed by atoms with E-state index >= 15 is 0 Å². The van der Waals surface area contributed by atoms with Gasteiger partial charge in [-0.05, 0) is 11.0 Å². The summed E-state index contributed by atoms with van der Waals surface area (Å²) in [7, 11) is 1.44. The summed E-state index contributed by atoms with van der Waals surface area (Å²) < 4.78 is 21.7. The van der Waals surface area contributed by atoms with E-state index in [1.165, 1.54) is 12.0 Å². The number of halogens is 2. The predicted molar refractivity (Wildman–Crippen MR) is 138 cm³/mol. The monoisotopic (exact) mass is 500 g/mol. The fourth-order valence-corrected chi connectivity index (χ4v) is 4.49. The maximum atomic E-state index is 14.6. The van der Waals surface area contributed by atoms with Crippen LogP contribution in [0.1, 0.15) is 38.2 Å². The summed E-state index contributed by atoms with van der Waals surface area (Å²) in [5, 5.41) is 0.457. The second-order valence-corrected chi connectivity index (χ2v) is 9.99. The van der Waals surface area contributed by atoms with Crippen molar-refractivity contribution in [3.8, 4) is 11.3 Å². The minimum Gasteiger partial charge on any atom is -0.375 e. The van der Waals surface area contributed by atoms with Gasteiger partial charge in [0.1, 0.15) is 29.4 Å². The van der Waals surface area contributed by atoms with Crippen LogP contribution in [-0.2, 0) is 16.1 Å². The van der Waals surface area contributed by atoms with Crippen molar-refractivity contribution in [1.82, 2.24) is 14.5 Å². The summed E-state index contributed by atoms with van der Waals surface area (Å²) in [5.74, 6) is 0.244. The number of rotatable bonds is 10. The molecule has 1 amide bonds. The molecule has 3 rings (SSSR count). The van der Waals surface area contributed by atoms with Crippen molar-refractivity contribution >= 4 is 17.5 Å². The first-order valence-electron chi connectivity index (χ1n) is 11.6. The molecule has 0 aliphatic rings. The highest BCUT2D eigenvalue weighted by Gasteiger charge is 2.40. The van der Waals surface area contributed by atoms with E-state index in [1.807, 2.05) is 86.0 Å². The number of ether oxygens (including phenoxy) is 1. The third-order valence-electron chi connectivity index (χ3n) is 5.78. The molecule has 3 aromatic rings. The molecule has 2 N–H and O–H groups in total. The van der Waals surface area contributed by atoms with Gasteiger partial charge in [0, 0.05) is 19.2 Å². The van der Waals surface area contributed by atoms with Crippen molar-refractivity contribution in [2.45, 2.75) is 39.5 Å². The molecule has 2 aromatic carbocycles. The Kier molecular flexibility index (Phi) is 9.05. The lowest BCUT2D eigenvalue weighted by molar-refractivity contribution is -0.141. The Morgan fingerprint density at radius 3 is 2.29 bits per heavy atom. The van der Waals surface area contributed by atoms with Crippen LogP contribution in [0.3, 0.4) is 0 Å². The summed E-state index contributed by atoms with van der Waals surface area (Å²) >= 11 is 6.96. The van der Waals surface area contributed by atoms with Crippen molar-refractivity contribution in [3.05, 3.63) is 77.2 Å². The van der Waals surface area contributed by atoms with Crippen LogP contribution in [0.5, 0.6) is 0 Å². The number of carbonyl (C=O) groups is 1. The molecular weight excluding hydrogens is 467 g/mol. The largest absolute Gasteiger partial charge is 0.375 e. The average Bonchev–Trinajstić information content (AvgIpc) is 3.14. The van der Waals surface area contributed by atoms with E-state index in [2.05, 4.69) is 0 Å². The summed E-state index contributed by atoms with van der Waals surface area (Å²) in [6.45, 7) is 5.90. The van der Waals surface area contributed by atoms with Crippen LogP contribution in [-0.4, -0.2) is 53.3 Å². The van der Waals surface area contributed by atoms with E-state index in [9.17, 15) is 9.18 Å². The molecule has 8 heteroatoms. The Morgan fingerprint density at radius 2 is 1.74 bits per heavy atom. The molecule has 0 aliphatic heterocycles. The molecule has 0 spiro atoms. The van der Waals surface area contributed by atoms with Gasteiger partial charge in [-0.3, -0.25) is 4.79 Å². The van der Waals surface area contributed by atoms with Crippen LogP contribution in [0.25, 0.3) is 11.3 Å². The maximum absolute atomic E-state index is 14.6. The fourth-order valence-electron chi connectivity index (χ4n) is 4.19. The van der Waals surface area contributed by atoms with Crippen LogP contribution < -0.4 is 5.73 Å². The summed E-state index contributed by atoms with van der Waals surface area (Å²) in [4.78, 5) is 19.7. The van der Waals surface area contributed by atoms with Crippen LogP contribution in [0, 0.1) is 5.41 Å². The number of aromatic nitrogens is 2. The van der Waals surface area contributed by atoms with Gasteiger partial charge in [0.15, 0.2) is 0 Å². The van der Waals surface area contributed by atoms with Gasteiger partial charge in [0.2, 0.25) is 5.91 Å². The van der Waals surface area contributed by atoms with E-state index in [4.69, 9.17) is 27.1 Å². The zero-order valence-electron chi connectivity index (χ0n) is 20.7. The number of hydrogen-bond acceptors (Lipinski definition) is 4. The van der Waals surface area contributed by atoms with Crippen molar-refractivity contribution in [1.29, 1.82) is 0 Å². The number of amides is 1. The standard InChI is InChI=1S/C27H34ClFN4O2/c1-27(2,3)24(32(17-21(29)15-30)22(34)18-35-4)26-31-23(20-13-9-6-10-14-20)25(28)33(26)16-19-11-7-5-8-12-19/h5-14,21,24H,15-18,30H2,1-4H3/t21-,24+/m1/s1. The van der Waals surface area contributed by atoms with E-state index in [1.54, 1.807) is 0 Å². The van der Waals surface area contributed by atoms with Gasteiger partial charge in [-0.2, -0.15) is 0 Å². The molecule has 0 saturated heterocycles. The number of methoxy groups -OCH3 is 1. The Labute approximate surface area is 211 Å². The first-order valence-corrected chi connectivity index (χ1v) is 12.0. The van der Waals surface area contributed by atoms with Gasteiger partial charge in [-0.25, -0.2) is 9.37 Å². The van der Waals surface area contributed by atoms with Crippen molar-refractivity contribution in [2.24, 2.45) is 11.1 Å². The van der Waals surface area contributed by atoms with Crippen LogP contribution >= 0.6 is 11.6 Å². The molecule has 1 heterocycles. The SMILES string of the molecule is COCC(=O)N(C[C@H](F)CN)[C@@H](c1nc(-c2ccccc2)c(Cl)n1Cc1ccccc1)C(C)(C)C. The minimum atomic E-state index is -1.39. The second-order valence-electron chi connectivity index (χ2n) is 9.63. The Bertz CT molecular complexity index is 1100. The number of hydrogen-bond donors (Lipinski definition) is 1. The van der Waals surface area contributed by atoms with Gasteiger partial charge >= 0.3 is 0 Å². The predicted octanol–water partition coefficient (Wildman–Crippen LogP) is 5.11. The Balaban J connectivity index is 2.23. The molecule has 0 fully saturated rings. The smallest absolute Gasteiger partial charge is 0.249 e. The molecule has 35 heavy (non-hydrogen) atoms. The molecule has 2 atom stereocenters. The third kappa shape index (κ3) is 6.48. The number of carbonyl (C=O) groups excluding carboxylic acids is 1. The Morgan fingerprint density at radius 1 is 1.14 bits per heavy atom. The third-order valence-corrected chi connectivity index (χ3v) is 6.16. The fraction of sp³-hybridized carbons (Fsp3) is 0.407. The number of imidazole rings is 1. The summed E-state index contributed by atoms with van der Waals surface area (Å²) in [6, 6.07) is 19.0. The van der Waals surface area contributed by atoms with Gasteiger partial charge in [-0.15, -0.1) is 0 Å². The normalized spacial score (nSPS) is 13.5. The van der Waals surface area contributed by atoms with Gasteiger partial charge in [0.05, 0.1) is 19.1 Å². The first kappa shape index (κ1) is 26.9. The van der Waals surface area contributed by atoms with Gasteiger partial charge < -0.3 is 19.9 Å². The Hall–Kier alpha value is -2.74. The molecule has 188 valence electrons. The van der Waals surface area contributed by atoms with Crippen LogP contribution in [0.2, 0.25) is 5.15 Å². The van der Waals surface area contributed by atoms with Crippen LogP contribution in [0.4, 0.5) is 4.39 Å². The maximum Gasteiger partial charge on any atom is 0.249 e. The molecule has 6 nitrogen and oxygen atoms in total. The van der Waals surface area contributed by atoms with E-state index in [0.29, 0.717) is 23.2 Å². The van der Waals surface area contributed by atoms with Crippen molar-refractivity contribution in [3.63, 3.8) is 0 Å². The number of nitrogens with two attached hydrogens (primary N) is 1. The molecule has 0 saturated carbocycles. The van der Waals surface area contributed by atoms with Crippen molar-refractivity contribution < 1.29 is 13.9 Å². The van der Waals surface area contributed by atoms with Gasteiger partial charge in [-0.1, -0.05) is 93.0 Å². The molecule has 0 bridgehead atoms. The lowest BCUT2D eigenvalue weighted by Gasteiger charge is -2.40. The van der Waals surface area contributed by atoms with E-state index in [-0.39, 0.29) is 25.6 Å². The molecule has 1 aromatic heterocycles. The van der Waals surface area contributed by atoms with Gasteiger partial charge in [0.25, 0.3) is 0 Å². The molecule has 0 unspecified atom stereocenters. The lowest BCUT2D eigenvalue weighted by atomic mass is 9.84. The molecule has 0 aliphatic carbocycles. The number of alkyl halides is 1. The highest BCUT2D eigenvalue weighted by molar-refractivity contribution is 6.32. The number of benzene rings is 2.